The molecule has 3 rings (SSSR count). The Balaban J connectivity index is 1.81. The molecule has 21 heavy (non-hydrogen) atoms. The molecule has 2 heterocycles. The maximum Gasteiger partial charge on any atom is 0.0608 e. The number of aromatic nitrogens is 1. The van der Waals surface area contributed by atoms with Crippen LogP contribution in [0.1, 0.15) is 11.6 Å². The zero-order valence-electron chi connectivity index (χ0n) is 12.5. The minimum absolute atomic E-state index is 0.104. The van der Waals surface area contributed by atoms with E-state index in [1.54, 1.807) is 0 Å². The van der Waals surface area contributed by atoms with E-state index in [4.69, 9.17) is 5.73 Å². The lowest BCUT2D eigenvalue weighted by Crippen LogP contribution is -2.52. The van der Waals surface area contributed by atoms with Crippen molar-refractivity contribution in [2.45, 2.75) is 6.04 Å². The number of hydrazine groups is 1. The Bertz CT molecular complexity index is 587. The largest absolute Gasteiger partial charge is 0.329 e. The predicted octanol–water partition coefficient (Wildman–Crippen LogP) is 0.987. The second-order valence-electron chi connectivity index (χ2n) is 5.66. The van der Waals surface area contributed by atoms with Gasteiger partial charge in [0.05, 0.1) is 6.04 Å². The van der Waals surface area contributed by atoms with Crippen molar-refractivity contribution in [3.8, 4) is 0 Å². The molecule has 0 radical (unpaired) electrons. The van der Waals surface area contributed by atoms with Crippen molar-refractivity contribution in [3.63, 3.8) is 0 Å². The van der Waals surface area contributed by atoms with Gasteiger partial charge in [-0.3, -0.25) is 4.98 Å². The highest BCUT2D eigenvalue weighted by Crippen LogP contribution is 2.23. The number of hydrogen-bond acceptors (Lipinski definition) is 5. The van der Waals surface area contributed by atoms with E-state index in [0.29, 0.717) is 6.54 Å². The van der Waals surface area contributed by atoms with Gasteiger partial charge >= 0.3 is 0 Å². The summed E-state index contributed by atoms with van der Waals surface area (Å²) in [5.41, 5.74) is 10.8. The molecule has 1 fully saturated rings. The number of nitrogens with one attached hydrogen (secondary N) is 1. The van der Waals surface area contributed by atoms with Gasteiger partial charge in [0.2, 0.25) is 0 Å². The SMILES string of the molecule is CN1CCN(NC(CN)c2cncc3ccccc23)CC1. The van der Waals surface area contributed by atoms with Crippen molar-refractivity contribution in [2.24, 2.45) is 5.73 Å². The first-order valence-electron chi connectivity index (χ1n) is 7.50. The van der Waals surface area contributed by atoms with E-state index in [2.05, 4.69) is 45.6 Å². The van der Waals surface area contributed by atoms with Crippen molar-refractivity contribution < 1.29 is 0 Å². The average Bonchev–Trinajstić information content (AvgIpc) is 2.54. The van der Waals surface area contributed by atoms with Gasteiger partial charge in [-0.25, -0.2) is 10.4 Å². The van der Waals surface area contributed by atoms with E-state index < -0.39 is 0 Å². The maximum atomic E-state index is 6.01. The molecular weight excluding hydrogens is 262 g/mol. The third-order valence-corrected chi connectivity index (χ3v) is 4.15. The van der Waals surface area contributed by atoms with E-state index in [1.165, 1.54) is 10.9 Å². The normalized spacial score (nSPS) is 19.0. The van der Waals surface area contributed by atoms with Crippen LogP contribution >= 0.6 is 0 Å². The van der Waals surface area contributed by atoms with E-state index in [1.807, 2.05) is 18.5 Å². The number of hydrogen-bond donors (Lipinski definition) is 2. The lowest BCUT2D eigenvalue weighted by atomic mass is 10.0. The molecule has 2 aromatic rings. The number of benzene rings is 1. The first-order valence-corrected chi connectivity index (χ1v) is 7.50. The van der Waals surface area contributed by atoms with Gasteiger partial charge in [-0.05, 0) is 18.0 Å². The fourth-order valence-corrected chi connectivity index (χ4v) is 2.82. The Kier molecular flexibility index (Phi) is 4.45. The molecule has 0 amide bonds. The van der Waals surface area contributed by atoms with Crippen LogP contribution in [-0.2, 0) is 0 Å². The van der Waals surface area contributed by atoms with Crippen LogP contribution in [0.15, 0.2) is 36.7 Å². The molecule has 0 spiro atoms. The van der Waals surface area contributed by atoms with Gasteiger partial charge in [-0.1, -0.05) is 24.3 Å². The van der Waals surface area contributed by atoms with Crippen LogP contribution in [0.25, 0.3) is 10.8 Å². The Labute approximate surface area is 125 Å². The van der Waals surface area contributed by atoms with Crippen molar-refractivity contribution in [3.05, 3.63) is 42.2 Å². The smallest absolute Gasteiger partial charge is 0.0608 e. The standard InChI is InChI=1S/C16H23N5/c1-20-6-8-21(9-7-20)19-16(10-17)15-12-18-11-13-4-2-3-5-14(13)15/h2-5,11-12,16,19H,6-10,17H2,1H3. The Morgan fingerprint density at radius 2 is 1.95 bits per heavy atom. The van der Waals surface area contributed by atoms with E-state index in [0.717, 1.165) is 31.6 Å². The zero-order chi connectivity index (χ0) is 14.7. The van der Waals surface area contributed by atoms with Gasteiger partial charge < -0.3 is 10.6 Å². The van der Waals surface area contributed by atoms with E-state index in [-0.39, 0.29) is 6.04 Å². The monoisotopic (exact) mass is 285 g/mol. The zero-order valence-corrected chi connectivity index (χ0v) is 12.5. The van der Waals surface area contributed by atoms with E-state index >= 15 is 0 Å². The van der Waals surface area contributed by atoms with Crippen LogP contribution in [0, 0.1) is 0 Å². The molecule has 1 atom stereocenters. The minimum Gasteiger partial charge on any atom is -0.329 e. The number of fused-ring (bicyclic) bond motifs is 1. The second-order valence-corrected chi connectivity index (χ2v) is 5.66. The van der Waals surface area contributed by atoms with Crippen molar-refractivity contribution in [1.82, 2.24) is 20.3 Å². The van der Waals surface area contributed by atoms with Crippen molar-refractivity contribution in [2.75, 3.05) is 39.8 Å². The Morgan fingerprint density at radius 3 is 2.71 bits per heavy atom. The quantitative estimate of drug-likeness (QED) is 0.877. The van der Waals surface area contributed by atoms with Crippen molar-refractivity contribution in [1.29, 1.82) is 0 Å². The summed E-state index contributed by atoms with van der Waals surface area (Å²) in [5, 5.41) is 4.66. The molecule has 1 aliphatic rings. The first kappa shape index (κ1) is 14.4. The number of piperazine rings is 1. The minimum atomic E-state index is 0.104. The molecule has 5 nitrogen and oxygen atoms in total. The molecule has 5 heteroatoms. The molecule has 3 N–H and O–H groups in total. The Morgan fingerprint density at radius 1 is 1.19 bits per heavy atom. The van der Waals surface area contributed by atoms with Crippen LogP contribution in [0.2, 0.25) is 0 Å². The fourth-order valence-electron chi connectivity index (χ4n) is 2.82. The summed E-state index contributed by atoms with van der Waals surface area (Å²) in [6.45, 7) is 4.76. The highest BCUT2D eigenvalue weighted by molar-refractivity contribution is 5.85. The van der Waals surface area contributed by atoms with Crippen LogP contribution in [0.3, 0.4) is 0 Å². The fraction of sp³-hybridized carbons (Fsp3) is 0.438. The highest BCUT2D eigenvalue weighted by atomic mass is 15.5. The van der Waals surface area contributed by atoms with Crippen LogP contribution in [0.4, 0.5) is 0 Å². The molecule has 1 aliphatic heterocycles. The van der Waals surface area contributed by atoms with Crippen LogP contribution in [-0.4, -0.2) is 54.7 Å². The third-order valence-electron chi connectivity index (χ3n) is 4.15. The lowest BCUT2D eigenvalue weighted by Gasteiger charge is -2.35. The summed E-state index contributed by atoms with van der Waals surface area (Å²) < 4.78 is 0. The molecule has 112 valence electrons. The van der Waals surface area contributed by atoms with Gasteiger partial charge in [0.1, 0.15) is 0 Å². The van der Waals surface area contributed by atoms with Gasteiger partial charge in [-0.2, -0.15) is 0 Å². The molecular formula is C16H23N5. The Hall–Kier alpha value is -1.53. The van der Waals surface area contributed by atoms with E-state index in [9.17, 15) is 0 Å². The summed E-state index contributed by atoms with van der Waals surface area (Å²) in [6.07, 6.45) is 3.84. The highest BCUT2D eigenvalue weighted by Gasteiger charge is 2.19. The summed E-state index contributed by atoms with van der Waals surface area (Å²) in [7, 11) is 2.16. The average molecular weight is 285 g/mol. The molecule has 0 saturated carbocycles. The molecule has 0 aliphatic carbocycles. The first-order chi connectivity index (χ1) is 10.3. The number of pyridine rings is 1. The molecule has 1 aromatic carbocycles. The topological polar surface area (TPSA) is 57.4 Å². The van der Waals surface area contributed by atoms with Gasteiger partial charge in [-0.15, -0.1) is 0 Å². The van der Waals surface area contributed by atoms with Gasteiger partial charge in [0.15, 0.2) is 0 Å². The third kappa shape index (κ3) is 3.22. The maximum absolute atomic E-state index is 6.01. The summed E-state index contributed by atoms with van der Waals surface area (Å²) in [5.74, 6) is 0. The molecule has 1 unspecified atom stereocenters. The summed E-state index contributed by atoms with van der Waals surface area (Å²) >= 11 is 0. The molecule has 1 aromatic heterocycles. The second kappa shape index (κ2) is 6.49. The number of likely N-dealkylation sites (N-methyl/N-ethyl adjacent to an activating group) is 1. The summed E-state index contributed by atoms with van der Waals surface area (Å²) in [6, 6.07) is 8.44. The van der Waals surface area contributed by atoms with Crippen LogP contribution in [0.5, 0.6) is 0 Å². The lowest BCUT2D eigenvalue weighted by molar-refractivity contribution is 0.0882. The van der Waals surface area contributed by atoms with Crippen LogP contribution < -0.4 is 11.2 Å². The summed E-state index contributed by atoms with van der Waals surface area (Å²) in [4.78, 5) is 6.71. The number of nitrogens with two attached hydrogens (primary N) is 1. The molecule has 1 saturated heterocycles. The molecule has 0 bridgehead atoms. The van der Waals surface area contributed by atoms with Gasteiger partial charge in [0.25, 0.3) is 0 Å². The predicted molar refractivity (Wildman–Crippen MR) is 85.7 cm³/mol. The van der Waals surface area contributed by atoms with Crippen molar-refractivity contribution >= 4 is 10.8 Å². The number of rotatable bonds is 4. The number of nitrogens with zero attached hydrogens (tertiary/aromatic N) is 3. The van der Waals surface area contributed by atoms with Gasteiger partial charge in [0, 0.05) is 50.5 Å².